The summed E-state index contributed by atoms with van der Waals surface area (Å²) in [4.78, 5) is 22.3. The van der Waals surface area contributed by atoms with Crippen molar-refractivity contribution in [1.82, 2.24) is 15.3 Å². The Morgan fingerprint density at radius 3 is 3.14 bits per heavy atom. The van der Waals surface area contributed by atoms with Gasteiger partial charge in [-0.3, -0.25) is 9.78 Å². The fourth-order valence-corrected chi connectivity index (χ4v) is 2.33. The van der Waals surface area contributed by atoms with E-state index in [1.807, 2.05) is 0 Å². The maximum atomic E-state index is 11.8. The quantitative estimate of drug-likeness (QED) is 0.725. The van der Waals surface area contributed by atoms with Gasteiger partial charge in [-0.2, -0.15) is 0 Å². The van der Waals surface area contributed by atoms with E-state index in [-0.39, 0.29) is 18.6 Å². The van der Waals surface area contributed by atoms with Crippen LogP contribution in [0.2, 0.25) is 0 Å². The Balaban J connectivity index is 1.75. The summed E-state index contributed by atoms with van der Waals surface area (Å²) in [7, 11) is 1.60. The van der Waals surface area contributed by atoms with Crippen molar-refractivity contribution in [2.75, 3.05) is 44.9 Å². The average molecular weight is 294 g/mol. The molecule has 1 saturated heterocycles. The summed E-state index contributed by atoms with van der Waals surface area (Å²) in [6.45, 7) is 2.69. The monoisotopic (exact) mass is 294 g/mol. The minimum Gasteiger partial charge on any atom is -0.382 e. The van der Waals surface area contributed by atoms with E-state index in [0.29, 0.717) is 13.2 Å². The molecule has 0 bridgehead atoms. The molecule has 0 unspecified atom stereocenters. The van der Waals surface area contributed by atoms with Crippen molar-refractivity contribution in [3.63, 3.8) is 0 Å². The van der Waals surface area contributed by atoms with E-state index in [9.17, 15) is 4.79 Å². The lowest BCUT2D eigenvalue weighted by Crippen LogP contribution is -2.49. The molecule has 0 radical (unpaired) electrons. The molecule has 2 heterocycles. The number of nitrogens with zero attached hydrogens (tertiary/aromatic N) is 3. The van der Waals surface area contributed by atoms with Crippen molar-refractivity contribution in [2.24, 2.45) is 0 Å². The highest BCUT2D eigenvalue weighted by Gasteiger charge is 2.22. The Kier molecular flexibility index (Phi) is 6.36. The Bertz CT molecular complexity index is 429. The SMILES string of the molecule is COCCOCC(=O)N[C@@H]1CCCN(c2cnccn2)C1. The molecule has 1 fully saturated rings. The number of anilines is 1. The topological polar surface area (TPSA) is 76.6 Å². The van der Waals surface area contributed by atoms with E-state index < -0.39 is 0 Å². The van der Waals surface area contributed by atoms with Gasteiger partial charge in [0, 0.05) is 38.6 Å². The van der Waals surface area contributed by atoms with Crippen LogP contribution in [0.4, 0.5) is 5.82 Å². The number of methoxy groups -OCH3 is 1. The molecule has 1 aliphatic rings. The van der Waals surface area contributed by atoms with Crippen LogP contribution < -0.4 is 10.2 Å². The van der Waals surface area contributed by atoms with Gasteiger partial charge in [0.1, 0.15) is 12.4 Å². The smallest absolute Gasteiger partial charge is 0.246 e. The third-order valence-electron chi connectivity index (χ3n) is 3.32. The van der Waals surface area contributed by atoms with E-state index in [1.54, 1.807) is 25.7 Å². The first-order valence-electron chi connectivity index (χ1n) is 7.16. The second kappa shape index (κ2) is 8.53. The van der Waals surface area contributed by atoms with E-state index in [0.717, 1.165) is 31.7 Å². The van der Waals surface area contributed by atoms with E-state index in [1.165, 1.54) is 0 Å². The molecule has 0 spiro atoms. The van der Waals surface area contributed by atoms with Crippen molar-refractivity contribution in [3.05, 3.63) is 18.6 Å². The van der Waals surface area contributed by atoms with Gasteiger partial charge in [-0.15, -0.1) is 0 Å². The third-order valence-corrected chi connectivity index (χ3v) is 3.32. The largest absolute Gasteiger partial charge is 0.382 e. The molecule has 116 valence electrons. The zero-order chi connectivity index (χ0) is 14.9. The standard InChI is InChI=1S/C14H22N4O3/c1-20-7-8-21-11-14(19)17-12-3-2-6-18(10-12)13-9-15-4-5-16-13/h4-5,9,12H,2-3,6-8,10-11H2,1H3,(H,17,19)/t12-/m1/s1. The van der Waals surface area contributed by atoms with Crippen molar-refractivity contribution in [3.8, 4) is 0 Å². The Hall–Kier alpha value is -1.73. The first kappa shape index (κ1) is 15.7. The Morgan fingerprint density at radius 1 is 1.48 bits per heavy atom. The highest BCUT2D eigenvalue weighted by Crippen LogP contribution is 2.16. The predicted octanol–water partition coefficient (Wildman–Crippen LogP) is 0.225. The normalized spacial score (nSPS) is 18.5. The Labute approximate surface area is 124 Å². The summed E-state index contributed by atoms with van der Waals surface area (Å²) in [5.41, 5.74) is 0. The number of piperidine rings is 1. The van der Waals surface area contributed by atoms with E-state index in [2.05, 4.69) is 20.2 Å². The molecule has 2 rings (SSSR count). The van der Waals surface area contributed by atoms with Crippen LogP contribution >= 0.6 is 0 Å². The van der Waals surface area contributed by atoms with Gasteiger partial charge in [0.2, 0.25) is 5.91 Å². The van der Waals surface area contributed by atoms with Crippen LogP contribution in [-0.4, -0.2) is 61.9 Å². The summed E-state index contributed by atoms with van der Waals surface area (Å²) in [6.07, 6.45) is 7.08. The van der Waals surface area contributed by atoms with E-state index >= 15 is 0 Å². The van der Waals surface area contributed by atoms with Crippen LogP contribution in [-0.2, 0) is 14.3 Å². The minimum atomic E-state index is -0.0860. The highest BCUT2D eigenvalue weighted by molar-refractivity contribution is 5.77. The highest BCUT2D eigenvalue weighted by atomic mass is 16.5. The number of carbonyl (C=O) groups excluding carboxylic acids is 1. The fraction of sp³-hybridized carbons (Fsp3) is 0.643. The third kappa shape index (κ3) is 5.28. The molecule has 1 aliphatic heterocycles. The number of amides is 1. The number of aromatic nitrogens is 2. The summed E-state index contributed by atoms with van der Waals surface area (Å²) < 4.78 is 10.1. The second-order valence-electron chi connectivity index (χ2n) is 4.96. The van der Waals surface area contributed by atoms with Gasteiger partial charge < -0.3 is 19.7 Å². The molecular formula is C14H22N4O3. The summed E-state index contributed by atoms with van der Waals surface area (Å²) in [5, 5.41) is 3.00. The molecular weight excluding hydrogens is 272 g/mol. The molecule has 1 atom stereocenters. The summed E-state index contributed by atoms with van der Waals surface area (Å²) in [6, 6.07) is 0.124. The summed E-state index contributed by atoms with van der Waals surface area (Å²) >= 11 is 0. The second-order valence-corrected chi connectivity index (χ2v) is 4.96. The molecule has 1 aromatic rings. The molecule has 21 heavy (non-hydrogen) atoms. The van der Waals surface area contributed by atoms with Crippen molar-refractivity contribution in [1.29, 1.82) is 0 Å². The number of nitrogens with one attached hydrogen (secondary N) is 1. The van der Waals surface area contributed by atoms with Crippen LogP contribution in [0.1, 0.15) is 12.8 Å². The zero-order valence-electron chi connectivity index (χ0n) is 12.3. The molecule has 0 saturated carbocycles. The Morgan fingerprint density at radius 2 is 2.38 bits per heavy atom. The van der Waals surface area contributed by atoms with Crippen LogP contribution in [0.3, 0.4) is 0 Å². The molecule has 7 nitrogen and oxygen atoms in total. The number of hydrogen-bond donors (Lipinski definition) is 1. The number of rotatable bonds is 7. The molecule has 1 amide bonds. The van der Waals surface area contributed by atoms with E-state index in [4.69, 9.17) is 9.47 Å². The maximum Gasteiger partial charge on any atom is 0.246 e. The van der Waals surface area contributed by atoms with Crippen molar-refractivity contribution in [2.45, 2.75) is 18.9 Å². The molecule has 1 aromatic heterocycles. The summed E-state index contributed by atoms with van der Waals surface area (Å²) in [5.74, 6) is 0.768. The van der Waals surface area contributed by atoms with Gasteiger partial charge in [-0.1, -0.05) is 0 Å². The van der Waals surface area contributed by atoms with Gasteiger partial charge >= 0.3 is 0 Å². The number of hydrogen-bond acceptors (Lipinski definition) is 6. The van der Waals surface area contributed by atoms with Crippen LogP contribution in [0.15, 0.2) is 18.6 Å². The molecule has 0 aliphatic carbocycles. The van der Waals surface area contributed by atoms with Gasteiger partial charge in [-0.25, -0.2) is 4.98 Å². The number of ether oxygens (including phenoxy) is 2. The number of carbonyl (C=O) groups is 1. The maximum absolute atomic E-state index is 11.8. The fourth-order valence-electron chi connectivity index (χ4n) is 2.33. The van der Waals surface area contributed by atoms with Crippen LogP contribution in [0.5, 0.6) is 0 Å². The lowest BCUT2D eigenvalue weighted by Gasteiger charge is -2.33. The molecule has 0 aromatic carbocycles. The van der Waals surface area contributed by atoms with Gasteiger partial charge in [0.25, 0.3) is 0 Å². The first-order valence-corrected chi connectivity index (χ1v) is 7.16. The average Bonchev–Trinajstić information content (AvgIpc) is 2.53. The van der Waals surface area contributed by atoms with Crippen molar-refractivity contribution >= 4 is 11.7 Å². The minimum absolute atomic E-state index is 0.0744. The first-order chi connectivity index (χ1) is 10.3. The van der Waals surface area contributed by atoms with Gasteiger partial charge in [0.15, 0.2) is 0 Å². The lowest BCUT2D eigenvalue weighted by molar-refractivity contribution is -0.126. The van der Waals surface area contributed by atoms with Crippen LogP contribution in [0, 0.1) is 0 Å². The molecule has 7 heteroatoms. The van der Waals surface area contributed by atoms with Crippen molar-refractivity contribution < 1.29 is 14.3 Å². The molecule has 1 N–H and O–H groups in total. The zero-order valence-corrected chi connectivity index (χ0v) is 12.3. The van der Waals surface area contributed by atoms with Gasteiger partial charge in [0.05, 0.1) is 19.4 Å². The van der Waals surface area contributed by atoms with Crippen LogP contribution in [0.25, 0.3) is 0 Å². The predicted molar refractivity (Wildman–Crippen MR) is 78.1 cm³/mol. The van der Waals surface area contributed by atoms with Gasteiger partial charge in [-0.05, 0) is 12.8 Å². The lowest BCUT2D eigenvalue weighted by atomic mass is 10.1.